The minimum Gasteiger partial charge on any atom is -0.258 e. The highest BCUT2D eigenvalue weighted by atomic mass is 32.1. The van der Waals surface area contributed by atoms with E-state index in [0.717, 1.165) is 43.4 Å². The van der Waals surface area contributed by atoms with Gasteiger partial charge in [0.25, 0.3) is 5.69 Å². The molecule has 28 heavy (non-hydrogen) atoms. The lowest BCUT2D eigenvalue weighted by molar-refractivity contribution is -0.384. The summed E-state index contributed by atoms with van der Waals surface area (Å²) in [4.78, 5) is 16.9. The molecule has 3 aromatic carbocycles. The summed E-state index contributed by atoms with van der Waals surface area (Å²) in [5.41, 5.74) is 3.61. The molecule has 0 amide bonds. The zero-order valence-corrected chi connectivity index (χ0v) is 15.5. The van der Waals surface area contributed by atoms with Crippen LogP contribution in [0.2, 0.25) is 0 Å². The second-order valence-electron chi connectivity index (χ2n) is 6.52. The van der Waals surface area contributed by atoms with Gasteiger partial charge in [0.2, 0.25) is 0 Å². The lowest BCUT2D eigenvalue weighted by Crippen LogP contribution is -1.92. The number of nitro benzene ring substituents is 1. The minimum atomic E-state index is -0.356. The second kappa shape index (κ2) is 6.55. The monoisotopic (exact) mass is 382 g/mol. The third-order valence-corrected chi connectivity index (χ3v) is 5.73. The van der Waals surface area contributed by atoms with E-state index in [9.17, 15) is 10.1 Å². The lowest BCUT2D eigenvalue weighted by Gasteiger charge is -2.12. The van der Waals surface area contributed by atoms with Gasteiger partial charge in [0.05, 0.1) is 21.0 Å². The van der Waals surface area contributed by atoms with E-state index < -0.39 is 0 Å². The molecule has 0 saturated heterocycles. The Balaban J connectivity index is 1.90. The first-order valence-electron chi connectivity index (χ1n) is 8.82. The normalized spacial score (nSPS) is 11.1. The van der Waals surface area contributed by atoms with Crippen molar-refractivity contribution in [2.75, 3.05) is 0 Å². The molecule has 2 heterocycles. The highest BCUT2D eigenvalue weighted by molar-refractivity contribution is 7.13. The van der Waals surface area contributed by atoms with Gasteiger partial charge < -0.3 is 0 Å². The number of fused-ring (bicyclic) bond motifs is 3. The van der Waals surface area contributed by atoms with Crippen molar-refractivity contribution in [3.05, 3.63) is 94.4 Å². The van der Waals surface area contributed by atoms with E-state index in [4.69, 9.17) is 4.98 Å². The topological polar surface area (TPSA) is 56.0 Å². The number of pyridine rings is 1. The first kappa shape index (κ1) is 16.6. The Kier molecular flexibility index (Phi) is 3.88. The fourth-order valence-corrected chi connectivity index (χ4v) is 4.26. The van der Waals surface area contributed by atoms with Crippen molar-refractivity contribution < 1.29 is 4.92 Å². The van der Waals surface area contributed by atoms with Crippen LogP contribution in [0, 0.1) is 10.1 Å². The van der Waals surface area contributed by atoms with Crippen molar-refractivity contribution in [1.29, 1.82) is 0 Å². The average Bonchev–Trinajstić information content (AvgIpc) is 3.28. The third-order valence-electron chi connectivity index (χ3n) is 4.84. The van der Waals surface area contributed by atoms with Crippen LogP contribution < -0.4 is 0 Å². The van der Waals surface area contributed by atoms with Crippen LogP contribution in [-0.2, 0) is 0 Å². The molecule has 5 aromatic rings. The molecule has 5 heteroatoms. The summed E-state index contributed by atoms with van der Waals surface area (Å²) in [5, 5.41) is 16.6. The number of aromatic nitrogens is 1. The Labute approximate surface area is 164 Å². The quantitative estimate of drug-likeness (QED) is 0.198. The van der Waals surface area contributed by atoms with Crippen LogP contribution in [0.5, 0.6) is 0 Å². The van der Waals surface area contributed by atoms with Gasteiger partial charge in [-0.15, -0.1) is 11.3 Å². The number of rotatable bonds is 3. The number of non-ortho nitro benzene ring substituents is 1. The van der Waals surface area contributed by atoms with E-state index in [2.05, 4.69) is 18.2 Å². The van der Waals surface area contributed by atoms with Crippen molar-refractivity contribution in [1.82, 2.24) is 4.98 Å². The summed E-state index contributed by atoms with van der Waals surface area (Å²) in [6, 6.07) is 25.1. The van der Waals surface area contributed by atoms with E-state index in [-0.39, 0.29) is 10.6 Å². The van der Waals surface area contributed by atoms with E-state index in [1.54, 1.807) is 23.5 Å². The molecule has 0 unspecified atom stereocenters. The first-order valence-corrected chi connectivity index (χ1v) is 9.70. The van der Waals surface area contributed by atoms with Gasteiger partial charge in [0, 0.05) is 17.5 Å². The molecular weight excluding hydrogens is 368 g/mol. The van der Waals surface area contributed by atoms with Crippen LogP contribution in [0.1, 0.15) is 0 Å². The van der Waals surface area contributed by atoms with E-state index >= 15 is 0 Å². The van der Waals surface area contributed by atoms with E-state index in [1.165, 1.54) is 6.07 Å². The summed E-state index contributed by atoms with van der Waals surface area (Å²) >= 11 is 1.63. The summed E-state index contributed by atoms with van der Waals surface area (Å²) in [5.74, 6) is 0. The molecule has 0 aliphatic rings. The van der Waals surface area contributed by atoms with Crippen LogP contribution in [0.15, 0.2) is 84.2 Å². The molecule has 0 N–H and O–H groups in total. The van der Waals surface area contributed by atoms with Crippen molar-refractivity contribution in [2.24, 2.45) is 0 Å². The molecule has 0 saturated carbocycles. The number of benzene rings is 3. The van der Waals surface area contributed by atoms with E-state index in [1.807, 2.05) is 47.8 Å². The third kappa shape index (κ3) is 2.73. The SMILES string of the molecule is O=[N+]([O-])c1cccc(-c2cc(-c3cccs3)nc3ccc4ccccc4c23)c1. The first-order chi connectivity index (χ1) is 13.7. The van der Waals surface area contributed by atoms with Crippen LogP contribution in [0.4, 0.5) is 5.69 Å². The Hall–Kier alpha value is -3.57. The van der Waals surface area contributed by atoms with Crippen LogP contribution in [0.25, 0.3) is 43.4 Å². The molecule has 0 aliphatic heterocycles. The van der Waals surface area contributed by atoms with Crippen LogP contribution in [-0.4, -0.2) is 9.91 Å². The number of hydrogen-bond donors (Lipinski definition) is 0. The van der Waals surface area contributed by atoms with Crippen LogP contribution in [0.3, 0.4) is 0 Å². The Morgan fingerprint density at radius 2 is 1.79 bits per heavy atom. The fourth-order valence-electron chi connectivity index (χ4n) is 3.57. The maximum atomic E-state index is 11.3. The van der Waals surface area contributed by atoms with Gasteiger partial charge in [-0.3, -0.25) is 10.1 Å². The number of nitrogens with zero attached hydrogens (tertiary/aromatic N) is 2. The van der Waals surface area contributed by atoms with Gasteiger partial charge in [-0.25, -0.2) is 4.98 Å². The molecule has 4 nitrogen and oxygen atoms in total. The van der Waals surface area contributed by atoms with Gasteiger partial charge in [0.1, 0.15) is 0 Å². The summed E-state index contributed by atoms with van der Waals surface area (Å²) in [6.07, 6.45) is 0. The van der Waals surface area contributed by atoms with Crippen LogP contribution >= 0.6 is 11.3 Å². The standard InChI is InChI=1S/C23H14N2O2S/c26-25(27)17-7-3-6-16(13-17)19-14-21(22-9-4-12-28-22)24-20-11-10-15-5-1-2-8-18(15)23(19)20/h1-14H. The second-order valence-corrected chi connectivity index (χ2v) is 7.47. The van der Waals surface area contributed by atoms with Crippen molar-refractivity contribution in [2.45, 2.75) is 0 Å². The Morgan fingerprint density at radius 1 is 0.893 bits per heavy atom. The molecule has 0 radical (unpaired) electrons. The molecule has 0 aliphatic carbocycles. The maximum absolute atomic E-state index is 11.3. The number of nitro groups is 1. The highest BCUT2D eigenvalue weighted by Gasteiger charge is 2.15. The van der Waals surface area contributed by atoms with Crippen molar-refractivity contribution >= 4 is 38.7 Å². The number of hydrogen-bond acceptors (Lipinski definition) is 4. The van der Waals surface area contributed by atoms with Crippen molar-refractivity contribution in [3.63, 3.8) is 0 Å². The molecular formula is C23H14N2O2S. The molecule has 134 valence electrons. The lowest BCUT2D eigenvalue weighted by atomic mass is 9.95. The van der Waals surface area contributed by atoms with Gasteiger partial charge in [-0.1, -0.05) is 48.5 Å². The van der Waals surface area contributed by atoms with Gasteiger partial charge in [-0.05, 0) is 45.5 Å². The Morgan fingerprint density at radius 3 is 2.61 bits per heavy atom. The predicted molar refractivity (Wildman–Crippen MR) is 115 cm³/mol. The van der Waals surface area contributed by atoms with E-state index in [0.29, 0.717) is 0 Å². The summed E-state index contributed by atoms with van der Waals surface area (Å²) in [7, 11) is 0. The zero-order valence-electron chi connectivity index (χ0n) is 14.7. The molecule has 0 fully saturated rings. The Bertz CT molecular complexity index is 1340. The predicted octanol–water partition coefficient (Wildman–Crippen LogP) is 6.69. The summed E-state index contributed by atoms with van der Waals surface area (Å²) < 4.78 is 0. The molecule has 2 aromatic heterocycles. The smallest absolute Gasteiger partial charge is 0.258 e. The largest absolute Gasteiger partial charge is 0.270 e. The fraction of sp³-hybridized carbons (Fsp3) is 0. The van der Waals surface area contributed by atoms with Gasteiger partial charge >= 0.3 is 0 Å². The maximum Gasteiger partial charge on any atom is 0.270 e. The van der Waals surface area contributed by atoms with Gasteiger partial charge in [0.15, 0.2) is 0 Å². The minimum absolute atomic E-state index is 0.0837. The van der Waals surface area contributed by atoms with Crippen molar-refractivity contribution in [3.8, 4) is 21.7 Å². The van der Waals surface area contributed by atoms with Gasteiger partial charge in [-0.2, -0.15) is 0 Å². The summed E-state index contributed by atoms with van der Waals surface area (Å²) in [6.45, 7) is 0. The zero-order chi connectivity index (χ0) is 19.1. The molecule has 0 bridgehead atoms. The highest BCUT2D eigenvalue weighted by Crippen LogP contribution is 2.38. The molecule has 0 spiro atoms. The molecule has 5 rings (SSSR count). The average molecular weight is 382 g/mol. The number of thiophene rings is 1. The molecule has 0 atom stereocenters.